The minimum absolute atomic E-state index is 0.661. The van der Waals surface area contributed by atoms with Crippen molar-refractivity contribution in [3.05, 3.63) is 59.8 Å². The molecule has 0 amide bonds. The van der Waals surface area contributed by atoms with Gasteiger partial charge >= 0.3 is 0 Å². The van der Waals surface area contributed by atoms with Gasteiger partial charge in [-0.3, -0.25) is 9.89 Å². The Morgan fingerprint density at radius 2 is 1.90 bits per heavy atom. The summed E-state index contributed by atoms with van der Waals surface area (Å²) in [6, 6.07) is 10.1. The maximum absolute atomic E-state index is 5.66. The van der Waals surface area contributed by atoms with Gasteiger partial charge in [0.2, 0.25) is 5.89 Å². The third-order valence-corrected chi connectivity index (χ3v) is 5.36. The van der Waals surface area contributed by atoms with Gasteiger partial charge in [0, 0.05) is 63.9 Å². The molecule has 0 atom stereocenters. The van der Waals surface area contributed by atoms with E-state index in [1.165, 1.54) is 5.56 Å². The van der Waals surface area contributed by atoms with Crippen molar-refractivity contribution in [2.45, 2.75) is 26.8 Å². The molecule has 0 unspecified atom stereocenters. The minimum atomic E-state index is 0.661. The van der Waals surface area contributed by atoms with Gasteiger partial charge in [-0.05, 0) is 26.0 Å². The molecule has 0 radical (unpaired) electrons. The fourth-order valence-corrected chi connectivity index (χ4v) is 3.62. The second kappa shape index (κ2) is 10.3. The third kappa shape index (κ3) is 5.73. The molecule has 0 bridgehead atoms. The first-order valence-electron chi connectivity index (χ1n) is 10.9. The fourth-order valence-electron chi connectivity index (χ4n) is 3.62. The molecule has 0 aliphatic carbocycles. The van der Waals surface area contributed by atoms with Crippen LogP contribution in [0.25, 0.3) is 11.5 Å². The summed E-state index contributed by atoms with van der Waals surface area (Å²) in [5.74, 6) is 1.62. The van der Waals surface area contributed by atoms with E-state index < -0.39 is 0 Å². The first-order valence-corrected chi connectivity index (χ1v) is 10.9. The van der Waals surface area contributed by atoms with E-state index in [-0.39, 0.29) is 0 Å². The van der Waals surface area contributed by atoms with E-state index >= 15 is 0 Å². The average molecular weight is 423 g/mol. The number of oxazole rings is 1. The van der Waals surface area contributed by atoms with Gasteiger partial charge in [-0.15, -0.1) is 0 Å². The Bertz CT molecular complexity index is 956. The molecule has 1 aliphatic rings. The summed E-state index contributed by atoms with van der Waals surface area (Å²) in [7, 11) is 0. The van der Waals surface area contributed by atoms with Gasteiger partial charge in [0.15, 0.2) is 5.96 Å². The van der Waals surface area contributed by atoms with E-state index in [4.69, 9.17) is 13.9 Å². The SMILES string of the molecule is CCNC(=NCCc1coc(-c2ccc(C)cc2)n1)N1CCN(Cc2ccon2)CC1. The van der Waals surface area contributed by atoms with Crippen LogP contribution in [-0.4, -0.2) is 65.2 Å². The van der Waals surface area contributed by atoms with Gasteiger partial charge in [-0.25, -0.2) is 4.98 Å². The van der Waals surface area contributed by atoms with Crippen LogP contribution in [0.5, 0.6) is 0 Å². The second-order valence-corrected chi connectivity index (χ2v) is 7.75. The van der Waals surface area contributed by atoms with Crippen molar-refractivity contribution < 1.29 is 8.94 Å². The van der Waals surface area contributed by atoms with Crippen LogP contribution < -0.4 is 5.32 Å². The number of piperazine rings is 1. The Morgan fingerprint density at radius 1 is 1.10 bits per heavy atom. The van der Waals surface area contributed by atoms with Crippen LogP contribution in [0.2, 0.25) is 0 Å². The largest absolute Gasteiger partial charge is 0.444 e. The lowest BCUT2D eigenvalue weighted by Crippen LogP contribution is -2.52. The average Bonchev–Trinajstić information content (AvgIpc) is 3.47. The molecule has 1 aliphatic heterocycles. The minimum Gasteiger partial charge on any atom is -0.444 e. The molecule has 8 nitrogen and oxygen atoms in total. The predicted molar refractivity (Wildman–Crippen MR) is 120 cm³/mol. The van der Waals surface area contributed by atoms with Crippen LogP contribution in [0.15, 0.2) is 56.8 Å². The van der Waals surface area contributed by atoms with Crippen molar-refractivity contribution in [1.29, 1.82) is 0 Å². The Kier molecular flexibility index (Phi) is 6.99. The lowest BCUT2D eigenvalue weighted by Gasteiger charge is -2.36. The number of hydrogen-bond donors (Lipinski definition) is 1. The first-order chi connectivity index (χ1) is 15.2. The highest BCUT2D eigenvalue weighted by Gasteiger charge is 2.20. The van der Waals surface area contributed by atoms with Gasteiger partial charge in [-0.2, -0.15) is 0 Å². The van der Waals surface area contributed by atoms with Crippen LogP contribution in [-0.2, 0) is 13.0 Å². The summed E-state index contributed by atoms with van der Waals surface area (Å²) in [6.45, 7) is 10.3. The quantitative estimate of drug-likeness (QED) is 0.463. The maximum Gasteiger partial charge on any atom is 0.226 e. The summed E-state index contributed by atoms with van der Waals surface area (Å²) < 4.78 is 10.6. The highest BCUT2D eigenvalue weighted by Crippen LogP contribution is 2.19. The number of hydrogen-bond acceptors (Lipinski definition) is 6. The van der Waals surface area contributed by atoms with Gasteiger partial charge < -0.3 is 19.2 Å². The van der Waals surface area contributed by atoms with Crippen molar-refractivity contribution in [2.24, 2.45) is 4.99 Å². The predicted octanol–water partition coefficient (Wildman–Crippen LogP) is 2.96. The lowest BCUT2D eigenvalue weighted by molar-refractivity contribution is 0.169. The van der Waals surface area contributed by atoms with E-state index in [1.807, 2.05) is 18.2 Å². The van der Waals surface area contributed by atoms with Gasteiger partial charge in [-0.1, -0.05) is 22.9 Å². The zero-order chi connectivity index (χ0) is 21.5. The molecule has 3 heterocycles. The Balaban J connectivity index is 1.30. The van der Waals surface area contributed by atoms with Crippen molar-refractivity contribution >= 4 is 5.96 Å². The Labute approximate surface area is 182 Å². The van der Waals surface area contributed by atoms with Crippen LogP contribution in [0.4, 0.5) is 0 Å². The zero-order valence-electron chi connectivity index (χ0n) is 18.3. The molecule has 2 aromatic heterocycles. The molecular weight excluding hydrogens is 392 g/mol. The van der Waals surface area contributed by atoms with E-state index in [0.717, 1.165) is 68.6 Å². The summed E-state index contributed by atoms with van der Waals surface area (Å²) in [6.07, 6.45) is 4.11. The molecule has 1 aromatic carbocycles. The number of benzene rings is 1. The number of rotatable bonds is 7. The van der Waals surface area contributed by atoms with Crippen LogP contribution in [0, 0.1) is 6.92 Å². The molecule has 0 saturated carbocycles. The summed E-state index contributed by atoms with van der Waals surface area (Å²) >= 11 is 0. The van der Waals surface area contributed by atoms with Gasteiger partial charge in [0.05, 0.1) is 11.4 Å². The second-order valence-electron chi connectivity index (χ2n) is 7.75. The molecule has 31 heavy (non-hydrogen) atoms. The lowest BCUT2D eigenvalue weighted by atomic mass is 10.1. The monoisotopic (exact) mass is 422 g/mol. The van der Waals surface area contributed by atoms with Crippen molar-refractivity contribution in [1.82, 2.24) is 25.3 Å². The molecule has 8 heteroatoms. The van der Waals surface area contributed by atoms with Gasteiger partial charge in [0.25, 0.3) is 0 Å². The molecule has 3 aromatic rings. The number of guanidine groups is 1. The highest BCUT2D eigenvalue weighted by molar-refractivity contribution is 5.80. The first kappa shape index (κ1) is 21.1. The molecule has 0 spiro atoms. The van der Waals surface area contributed by atoms with E-state index in [0.29, 0.717) is 12.4 Å². The van der Waals surface area contributed by atoms with Crippen molar-refractivity contribution in [3.8, 4) is 11.5 Å². The summed E-state index contributed by atoms with van der Waals surface area (Å²) in [5, 5.41) is 7.43. The maximum atomic E-state index is 5.66. The van der Waals surface area contributed by atoms with Crippen LogP contribution >= 0.6 is 0 Å². The zero-order valence-corrected chi connectivity index (χ0v) is 18.3. The molecular formula is C23H30N6O2. The van der Waals surface area contributed by atoms with E-state index in [2.05, 4.69) is 51.2 Å². The normalized spacial score (nSPS) is 15.4. The summed E-state index contributed by atoms with van der Waals surface area (Å²) in [4.78, 5) is 14.2. The molecule has 1 N–H and O–H groups in total. The molecule has 164 valence electrons. The van der Waals surface area contributed by atoms with E-state index in [1.54, 1.807) is 12.5 Å². The number of aryl methyl sites for hydroxylation is 1. The number of aliphatic imine (C=N–C) groups is 1. The van der Waals surface area contributed by atoms with Crippen LogP contribution in [0.3, 0.4) is 0 Å². The molecule has 4 rings (SSSR count). The number of aromatic nitrogens is 2. The van der Waals surface area contributed by atoms with Crippen molar-refractivity contribution in [3.63, 3.8) is 0 Å². The number of nitrogens with one attached hydrogen (secondary N) is 1. The third-order valence-electron chi connectivity index (χ3n) is 5.36. The number of nitrogens with zero attached hydrogens (tertiary/aromatic N) is 5. The topological polar surface area (TPSA) is 82.9 Å². The smallest absolute Gasteiger partial charge is 0.226 e. The fraction of sp³-hybridized carbons (Fsp3) is 0.435. The standard InChI is InChI=1S/C23H30N6O2/c1-3-24-23(29-13-11-28(12-14-29)16-20-9-15-31-27-20)25-10-8-21-17-30-22(26-21)19-6-4-18(2)5-7-19/h4-7,9,15,17H,3,8,10-14,16H2,1-2H3,(H,24,25). The summed E-state index contributed by atoms with van der Waals surface area (Å²) in [5.41, 5.74) is 4.12. The van der Waals surface area contributed by atoms with E-state index in [9.17, 15) is 0 Å². The Hall–Kier alpha value is -3.13. The van der Waals surface area contributed by atoms with Crippen LogP contribution in [0.1, 0.15) is 23.9 Å². The van der Waals surface area contributed by atoms with Gasteiger partial charge in [0.1, 0.15) is 12.5 Å². The Morgan fingerprint density at radius 3 is 2.61 bits per heavy atom. The molecule has 1 fully saturated rings. The highest BCUT2D eigenvalue weighted by atomic mass is 16.5. The molecule has 1 saturated heterocycles. The van der Waals surface area contributed by atoms with Crippen molar-refractivity contribution in [2.75, 3.05) is 39.3 Å².